The molecule has 1 saturated heterocycles. The lowest BCUT2D eigenvalue weighted by molar-refractivity contribution is 0.00578. The SMILES string of the molecule is CCN(/N=C\N)c1ccc(B2OC(C)(C)C(C)(C)O2)cn1. The molecule has 0 spiro atoms. The Balaban J connectivity index is 2.17. The molecule has 0 aromatic carbocycles. The highest BCUT2D eigenvalue weighted by atomic mass is 16.7. The molecule has 2 heterocycles. The molecule has 1 fully saturated rings. The van der Waals surface area contributed by atoms with Gasteiger partial charge in [0.25, 0.3) is 0 Å². The maximum atomic E-state index is 6.00. The Morgan fingerprint density at radius 1 is 1.29 bits per heavy atom. The average Bonchev–Trinajstić information content (AvgIpc) is 2.65. The Labute approximate surface area is 126 Å². The summed E-state index contributed by atoms with van der Waals surface area (Å²) in [6, 6.07) is 3.83. The van der Waals surface area contributed by atoms with Crippen LogP contribution in [0.3, 0.4) is 0 Å². The van der Waals surface area contributed by atoms with Gasteiger partial charge in [0.2, 0.25) is 0 Å². The molecular formula is C14H23BN4O2. The minimum absolute atomic E-state index is 0.352. The van der Waals surface area contributed by atoms with Crippen LogP contribution in [-0.4, -0.2) is 36.2 Å². The second kappa shape index (κ2) is 5.65. The van der Waals surface area contributed by atoms with E-state index in [-0.39, 0.29) is 11.2 Å². The second-order valence-corrected chi connectivity index (χ2v) is 6.02. The fraction of sp³-hybridized carbons (Fsp3) is 0.571. The van der Waals surface area contributed by atoms with Crippen LogP contribution in [0.1, 0.15) is 34.6 Å². The van der Waals surface area contributed by atoms with Crippen LogP contribution in [-0.2, 0) is 9.31 Å². The van der Waals surface area contributed by atoms with E-state index in [1.165, 1.54) is 6.34 Å². The summed E-state index contributed by atoms with van der Waals surface area (Å²) in [7, 11) is -0.398. The number of hydrogen-bond donors (Lipinski definition) is 1. The third-order valence-electron chi connectivity index (χ3n) is 4.07. The molecule has 0 saturated carbocycles. The number of hydrazone groups is 1. The number of nitrogens with two attached hydrogens (primary N) is 1. The second-order valence-electron chi connectivity index (χ2n) is 6.02. The van der Waals surface area contributed by atoms with Crippen LogP contribution in [0.4, 0.5) is 5.82 Å². The van der Waals surface area contributed by atoms with Gasteiger partial charge in [0.05, 0.1) is 11.2 Å². The van der Waals surface area contributed by atoms with Gasteiger partial charge in [0, 0.05) is 18.2 Å². The van der Waals surface area contributed by atoms with Crippen LogP contribution >= 0.6 is 0 Å². The van der Waals surface area contributed by atoms with E-state index in [0.29, 0.717) is 6.54 Å². The first-order valence-electron chi connectivity index (χ1n) is 7.14. The number of pyridine rings is 1. The molecule has 0 atom stereocenters. The van der Waals surface area contributed by atoms with Crippen LogP contribution < -0.4 is 16.2 Å². The Kier molecular flexibility index (Phi) is 4.25. The maximum Gasteiger partial charge on any atom is 0.496 e. The molecule has 2 N–H and O–H groups in total. The lowest BCUT2D eigenvalue weighted by Crippen LogP contribution is -2.41. The third kappa shape index (κ3) is 3.03. The zero-order valence-electron chi connectivity index (χ0n) is 13.3. The van der Waals surface area contributed by atoms with Crippen molar-refractivity contribution >= 4 is 24.7 Å². The first-order chi connectivity index (χ1) is 9.80. The summed E-state index contributed by atoms with van der Waals surface area (Å²) in [5.74, 6) is 0.736. The van der Waals surface area contributed by atoms with Crippen LogP contribution in [0.15, 0.2) is 23.4 Å². The molecule has 0 aliphatic carbocycles. The van der Waals surface area contributed by atoms with Crippen molar-refractivity contribution in [1.29, 1.82) is 0 Å². The molecule has 0 amide bonds. The monoisotopic (exact) mass is 290 g/mol. The standard InChI is InChI=1S/C14H23BN4O2/c1-6-19(18-10-16)12-8-7-11(9-17-12)15-20-13(2,3)14(4,5)21-15/h7-10H,6H2,1-5H3,(H2,16,18). The number of anilines is 1. The van der Waals surface area contributed by atoms with E-state index in [0.717, 1.165) is 11.3 Å². The van der Waals surface area contributed by atoms with Crippen LogP contribution in [0, 0.1) is 0 Å². The van der Waals surface area contributed by atoms with Crippen LogP contribution in [0.2, 0.25) is 0 Å². The van der Waals surface area contributed by atoms with Crippen LogP contribution in [0.5, 0.6) is 0 Å². The molecule has 1 aliphatic heterocycles. The molecule has 1 aromatic heterocycles. The van der Waals surface area contributed by atoms with Crippen molar-refractivity contribution < 1.29 is 9.31 Å². The number of hydrogen-bond acceptors (Lipinski definition) is 5. The van der Waals surface area contributed by atoms with Gasteiger partial charge < -0.3 is 15.0 Å². The average molecular weight is 290 g/mol. The third-order valence-corrected chi connectivity index (χ3v) is 4.07. The van der Waals surface area contributed by atoms with Crippen molar-refractivity contribution in [3.8, 4) is 0 Å². The minimum Gasteiger partial charge on any atom is -0.399 e. The fourth-order valence-electron chi connectivity index (χ4n) is 2.05. The van der Waals surface area contributed by atoms with Gasteiger partial charge in [-0.05, 0) is 40.7 Å². The van der Waals surface area contributed by atoms with E-state index in [2.05, 4.69) is 10.1 Å². The van der Waals surface area contributed by atoms with E-state index >= 15 is 0 Å². The largest absolute Gasteiger partial charge is 0.496 e. The molecule has 2 rings (SSSR count). The quantitative estimate of drug-likeness (QED) is 0.389. The van der Waals surface area contributed by atoms with Gasteiger partial charge in [-0.3, -0.25) is 0 Å². The molecule has 7 heteroatoms. The summed E-state index contributed by atoms with van der Waals surface area (Å²) in [5.41, 5.74) is 5.52. The molecular weight excluding hydrogens is 267 g/mol. The van der Waals surface area contributed by atoms with E-state index in [9.17, 15) is 0 Å². The van der Waals surface area contributed by atoms with Gasteiger partial charge in [0.15, 0.2) is 0 Å². The van der Waals surface area contributed by atoms with Gasteiger partial charge in [-0.15, -0.1) is 0 Å². The first-order valence-corrected chi connectivity index (χ1v) is 7.14. The van der Waals surface area contributed by atoms with Crippen molar-refractivity contribution in [1.82, 2.24) is 4.98 Å². The molecule has 114 valence electrons. The minimum atomic E-state index is -0.398. The predicted molar refractivity (Wildman–Crippen MR) is 85.7 cm³/mol. The summed E-state index contributed by atoms with van der Waals surface area (Å²) in [6.07, 6.45) is 3.01. The predicted octanol–water partition coefficient (Wildman–Crippen LogP) is 1.11. The van der Waals surface area contributed by atoms with Crippen molar-refractivity contribution in [2.45, 2.75) is 45.8 Å². The van der Waals surface area contributed by atoms with Gasteiger partial charge >= 0.3 is 7.12 Å². The molecule has 1 aromatic rings. The first kappa shape index (κ1) is 15.8. The number of aromatic nitrogens is 1. The fourth-order valence-corrected chi connectivity index (χ4v) is 2.05. The summed E-state index contributed by atoms with van der Waals surface area (Å²) in [4.78, 5) is 4.41. The van der Waals surface area contributed by atoms with Gasteiger partial charge in [0.1, 0.15) is 12.2 Å². The Hall–Kier alpha value is -1.60. The summed E-state index contributed by atoms with van der Waals surface area (Å²) in [5, 5.41) is 5.76. The molecule has 0 bridgehead atoms. The Morgan fingerprint density at radius 3 is 2.33 bits per heavy atom. The maximum absolute atomic E-state index is 6.00. The van der Waals surface area contributed by atoms with Crippen LogP contribution in [0.25, 0.3) is 0 Å². The highest BCUT2D eigenvalue weighted by molar-refractivity contribution is 6.62. The van der Waals surface area contributed by atoms with Crippen molar-refractivity contribution in [3.63, 3.8) is 0 Å². The Morgan fingerprint density at radius 2 is 1.90 bits per heavy atom. The molecule has 6 nitrogen and oxygen atoms in total. The van der Waals surface area contributed by atoms with Gasteiger partial charge in [-0.25, -0.2) is 9.99 Å². The highest BCUT2D eigenvalue weighted by Crippen LogP contribution is 2.36. The summed E-state index contributed by atoms with van der Waals surface area (Å²) < 4.78 is 12.0. The van der Waals surface area contributed by atoms with Crippen molar-refractivity contribution in [2.24, 2.45) is 10.8 Å². The van der Waals surface area contributed by atoms with Gasteiger partial charge in [-0.1, -0.05) is 6.07 Å². The zero-order chi connectivity index (χ0) is 15.7. The van der Waals surface area contributed by atoms with Crippen molar-refractivity contribution in [2.75, 3.05) is 11.6 Å². The summed E-state index contributed by atoms with van der Waals surface area (Å²) in [6.45, 7) is 10.8. The molecule has 0 radical (unpaired) electrons. The topological polar surface area (TPSA) is 73.0 Å². The Bertz CT molecular complexity index is 500. The normalized spacial score (nSPS) is 20.1. The molecule has 21 heavy (non-hydrogen) atoms. The van der Waals surface area contributed by atoms with E-state index in [4.69, 9.17) is 15.0 Å². The molecule has 1 aliphatic rings. The number of nitrogens with zero attached hydrogens (tertiary/aromatic N) is 3. The lowest BCUT2D eigenvalue weighted by atomic mass is 9.80. The zero-order valence-corrected chi connectivity index (χ0v) is 13.3. The van der Waals surface area contributed by atoms with E-state index in [1.807, 2.05) is 46.8 Å². The summed E-state index contributed by atoms with van der Waals surface area (Å²) >= 11 is 0. The number of rotatable bonds is 4. The van der Waals surface area contributed by atoms with E-state index < -0.39 is 7.12 Å². The van der Waals surface area contributed by atoms with E-state index in [1.54, 1.807) is 11.2 Å². The smallest absolute Gasteiger partial charge is 0.399 e. The highest BCUT2D eigenvalue weighted by Gasteiger charge is 2.51. The lowest BCUT2D eigenvalue weighted by Gasteiger charge is -2.32. The van der Waals surface area contributed by atoms with Crippen molar-refractivity contribution in [3.05, 3.63) is 18.3 Å². The molecule has 0 unspecified atom stereocenters. The van der Waals surface area contributed by atoms with Gasteiger partial charge in [-0.2, -0.15) is 5.10 Å².